The van der Waals surface area contributed by atoms with Crippen molar-refractivity contribution >= 4 is 28.6 Å². The molecule has 3 atom stereocenters. The van der Waals surface area contributed by atoms with Gasteiger partial charge in [-0.25, -0.2) is 0 Å². The van der Waals surface area contributed by atoms with E-state index in [2.05, 4.69) is 96.6 Å². The summed E-state index contributed by atoms with van der Waals surface area (Å²) in [6, 6.07) is 33.7. The molecule has 4 aromatic carbocycles. The number of anilines is 1. The fourth-order valence-electron chi connectivity index (χ4n) is 8.47. The highest BCUT2D eigenvalue weighted by atomic mass is 16.5. The van der Waals surface area contributed by atoms with Gasteiger partial charge in [-0.2, -0.15) is 0 Å². The van der Waals surface area contributed by atoms with Crippen molar-refractivity contribution in [3.8, 4) is 11.5 Å². The molecular formula is C46H54N4O4. The summed E-state index contributed by atoms with van der Waals surface area (Å²) >= 11 is 0. The molecule has 8 heteroatoms. The van der Waals surface area contributed by atoms with E-state index in [4.69, 9.17) is 4.74 Å². The van der Waals surface area contributed by atoms with Crippen LogP contribution in [0.5, 0.6) is 11.5 Å². The third-order valence-corrected chi connectivity index (χ3v) is 11.5. The van der Waals surface area contributed by atoms with Gasteiger partial charge in [0.15, 0.2) is 0 Å². The van der Waals surface area contributed by atoms with Gasteiger partial charge in [-0.05, 0) is 128 Å². The summed E-state index contributed by atoms with van der Waals surface area (Å²) in [6.07, 6.45) is 5.36. The maximum absolute atomic E-state index is 13.2. The number of piperidine rings is 1. The first kappa shape index (κ1) is 37.2. The number of carbonyl (C=O) groups excluding carboxylic acids is 2. The van der Waals surface area contributed by atoms with Gasteiger partial charge in [0.25, 0.3) is 5.91 Å². The van der Waals surface area contributed by atoms with Gasteiger partial charge in [-0.15, -0.1) is 0 Å². The van der Waals surface area contributed by atoms with E-state index in [0.717, 1.165) is 79.7 Å². The van der Waals surface area contributed by atoms with E-state index in [-0.39, 0.29) is 23.6 Å². The van der Waals surface area contributed by atoms with Crippen molar-refractivity contribution in [2.75, 3.05) is 37.7 Å². The van der Waals surface area contributed by atoms with Crippen molar-refractivity contribution in [3.05, 3.63) is 125 Å². The highest BCUT2D eigenvalue weighted by Gasteiger charge is 2.36. The lowest BCUT2D eigenvalue weighted by molar-refractivity contribution is -0.123. The van der Waals surface area contributed by atoms with Crippen LogP contribution in [0.2, 0.25) is 0 Å². The number of hydrogen-bond donors (Lipinski definition) is 2. The summed E-state index contributed by atoms with van der Waals surface area (Å²) in [4.78, 5) is 31.9. The molecule has 3 aliphatic heterocycles. The van der Waals surface area contributed by atoms with Crippen LogP contribution >= 0.6 is 0 Å². The van der Waals surface area contributed by atoms with Gasteiger partial charge >= 0.3 is 0 Å². The topological polar surface area (TPSA) is 85.3 Å². The maximum Gasteiger partial charge on any atom is 0.254 e. The number of piperazine rings is 1. The Labute approximate surface area is 320 Å². The minimum absolute atomic E-state index is 0.0700. The number of phenolic OH excluding ortho intramolecular Hbond substituents is 1. The van der Waals surface area contributed by atoms with Crippen LogP contribution in [0.4, 0.5) is 5.69 Å². The van der Waals surface area contributed by atoms with E-state index < -0.39 is 0 Å². The van der Waals surface area contributed by atoms with Crippen LogP contribution in [0.25, 0.3) is 11.1 Å². The van der Waals surface area contributed by atoms with Crippen LogP contribution in [0.1, 0.15) is 91.9 Å². The SMILES string of the molecule is CC/C(=C(\c1ccc(O)cc1)c1ccc(OCCCCCN2CC(C)N(c3ccc4c(c3)CN(C3CCC(=O)NC3)C4=O)CC2C)cc1)c1ccccc1. The number of benzene rings is 4. The summed E-state index contributed by atoms with van der Waals surface area (Å²) in [7, 11) is 0. The third-order valence-electron chi connectivity index (χ3n) is 11.5. The van der Waals surface area contributed by atoms with Gasteiger partial charge < -0.3 is 25.0 Å². The molecule has 8 nitrogen and oxygen atoms in total. The number of aromatic hydroxyl groups is 1. The number of ether oxygens (including phenoxy) is 1. The van der Waals surface area contributed by atoms with Gasteiger partial charge in [0.05, 0.1) is 12.6 Å². The summed E-state index contributed by atoms with van der Waals surface area (Å²) in [6.45, 7) is 11.7. The number of unbranched alkanes of at least 4 members (excludes halogenated alkanes) is 2. The van der Waals surface area contributed by atoms with E-state index in [1.807, 2.05) is 29.2 Å². The molecule has 0 aromatic heterocycles. The fourth-order valence-corrected chi connectivity index (χ4v) is 8.47. The largest absolute Gasteiger partial charge is 0.508 e. The van der Waals surface area contributed by atoms with E-state index in [9.17, 15) is 14.7 Å². The molecule has 7 rings (SSSR count). The quantitative estimate of drug-likeness (QED) is 0.107. The van der Waals surface area contributed by atoms with Crippen molar-refractivity contribution in [1.29, 1.82) is 0 Å². The average Bonchev–Trinajstić information content (AvgIpc) is 3.52. The first-order chi connectivity index (χ1) is 26.3. The molecule has 2 amide bonds. The Morgan fingerprint density at radius 3 is 2.26 bits per heavy atom. The van der Waals surface area contributed by atoms with Crippen molar-refractivity contribution in [2.24, 2.45) is 0 Å². The standard InChI is InChI=1S/C46H54N4O4/c1-4-42(34-11-7-5-8-12-34)45(35-13-19-40(51)20-14-35)36-15-21-41(22-16-36)54-26-10-6-9-25-48-29-33(3)49(30-32(48)2)38-17-23-43-37(27-38)31-50(46(43)53)39-18-24-44(52)47-28-39/h5,7-8,11-17,19-23,27,32-33,39,51H,4,6,9-10,18,24-26,28-31H2,1-3H3,(H,47,52)/b45-42-. The summed E-state index contributed by atoms with van der Waals surface area (Å²) in [5, 5.41) is 12.9. The molecule has 2 N–H and O–H groups in total. The van der Waals surface area contributed by atoms with Crippen molar-refractivity contribution in [3.63, 3.8) is 0 Å². The molecule has 0 saturated carbocycles. The number of rotatable bonds is 13. The van der Waals surface area contributed by atoms with Crippen molar-refractivity contribution in [1.82, 2.24) is 15.1 Å². The van der Waals surface area contributed by atoms with Gasteiger partial charge in [-0.3, -0.25) is 14.5 Å². The maximum atomic E-state index is 13.2. The van der Waals surface area contributed by atoms with Crippen LogP contribution in [0.3, 0.4) is 0 Å². The lowest BCUT2D eigenvalue weighted by Crippen LogP contribution is -2.56. The minimum atomic E-state index is 0.0700. The predicted molar refractivity (Wildman–Crippen MR) is 217 cm³/mol. The van der Waals surface area contributed by atoms with Gasteiger partial charge in [0, 0.05) is 55.9 Å². The summed E-state index contributed by atoms with van der Waals surface area (Å²) in [5.74, 6) is 1.31. The molecule has 2 saturated heterocycles. The highest BCUT2D eigenvalue weighted by Crippen LogP contribution is 2.36. The fraction of sp³-hybridized carbons (Fsp3) is 0.391. The van der Waals surface area contributed by atoms with Gasteiger partial charge in [0.2, 0.25) is 5.91 Å². The Morgan fingerprint density at radius 1 is 0.815 bits per heavy atom. The number of phenols is 1. The van der Waals surface area contributed by atoms with E-state index in [1.54, 1.807) is 12.1 Å². The van der Waals surface area contributed by atoms with E-state index in [1.165, 1.54) is 22.4 Å². The second-order valence-electron chi connectivity index (χ2n) is 15.2. The normalized spacial score (nSPS) is 20.8. The Morgan fingerprint density at radius 2 is 1.56 bits per heavy atom. The van der Waals surface area contributed by atoms with Crippen LogP contribution in [-0.2, 0) is 11.3 Å². The number of allylic oxidation sites excluding steroid dienone is 1. The monoisotopic (exact) mass is 726 g/mol. The minimum Gasteiger partial charge on any atom is -0.508 e. The van der Waals surface area contributed by atoms with Crippen molar-refractivity contribution in [2.45, 2.75) is 84.0 Å². The van der Waals surface area contributed by atoms with E-state index >= 15 is 0 Å². The lowest BCUT2D eigenvalue weighted by Gasteiger charge is -2.45. The molecule has 282 valence electrons. The number of fused-ring (bicyclic) bond motifs is 1. The average molecular weight is 727 g/mol. The molecule has 3 aliphatic rings. The molecule has 2 fully saturated rings. The van der Waals surface area contributed by atoms with Gasteiger partial charge in [-0.1, -0.05) is 61.5 Å². The number of nitrogens with one attached hydrogen (secondary N) is 1. The van der Waals surface area contributed by atoms with Crippen LogP contribution in [0.15, 0.2) is 97.1 Å². The summed E-state index contributed by atoms with van der Waals surface area (Å²) < 4.78 is 6.20. The molecule has 0 bridgehead atoms. The first-order valence-corrected chi connectivity index (χ1v) is 19.8. The smallest absolute Gasteiger partial charge is 0.254 e. The zero-order valence-corrected chi connectivity index (χ0v) is 32.0. The zero-order valence-electron chi connectivity index (χ0n) is 32.0. The first-order valence-electron chi connectivity index (χ1n) is 19.8. The Kier molecular flexibility index (Phi) is 11.7. The summed E-state index contributed by atoms with van der Waals surface area (Å²) in [5.41, 5.74) is 8.93. The van der Waals surface area contributed by atoms with Crippen LogP contribution in [0, 0.1) is 0 Å². The molecule has 0 aliphatic carbocycles. The second kappa shape index (κ2) is 16.9. The highest BCUT2D eigenvalue weighted by molar-refractivity contribution is 6.00. The van der Waals surface area contributed by atoms with E-state index in [0.29, 0.717) is 38.2 Å². The van der Waals surface area contributed by atoms with Crippen LogP contribution in [-0.4, -0.2) is 77.6 Å². The molecule has 0 radical (unpaired) electrons. The molecule has 3 heterocycles. The zero-order chi connectivity index (χ0) is 37.6. The predicted octanol–water partition coefficient (Wildman–Crippen LogP) is 8.14. The molecular weight excluding hydrogens is 673 g/mol. The molecule has 3 unspecified atom stereocenters. The molecule has 4 aromatic rings. The van der Waals surface area contributed by atoms with Gasteiger partial charge in [0.1, 0.15) is 11.5 Å². The molecule has 54 heavy (non-hydrogen) atoms. The Balaban J connectivity index is 0.881. The number of carbonyl (C=O) groups is 2. The Bertz CT molecular complexity index is 1930. The third kappa shape index (κ3) is 8.34. The van der Waals surface area contributed by atoms with Crippen LogP contribution < -0.4 is 15.0 Å². The number of nitrogens with zero attached hydrogens (tertiary/aromatic N) is 3. The van der Waals surface area contributed by atoms with Crippen molar-refractivity contribution < 1.29 is 19.4 Å². The number of hydrogen-bond acceptors (Lipinski definition) is 6. The lowest BCUT2D eigenvalue weighted by atomic mass is 9.88. The second-order valence-corrected chi connectivity index (χ2v) is 15.2. The molecule has 0 spiro atoms. The number of amides is 2. The Hall–Kier alpha value is -5.08.